The van der Waals surface area contributed by atoms with Crippen LogP contribution in [-0.2, 0) is 9.47 Å². The summed E-state index contributed by atoms with van der Waals surface area (Å²) in [5.74, 6) is -3.94. The molecule has 0 radical (unpaired) electrons. The van der Waals surface area contributed by atoms with Crippen LogP contribution < -0.4 is 11.0 Å². The summed E-state index contributed by atoms with van der Waals surface area (Å²) in [5.41, 5.74) is -1.24. The van der Waals surface area contributed by atoms with Gasteiger partial charge in [0.15, 0.2) is 6.61 Å². The lowest BCUT2D eigenvalue weighted by molar-refractivity contribution is -0.159. The average Bonchev–Trinajstić information content (AvgIpc) is 2.79. The fraction of sp³-hybridized carbons (Fsp3) is 0.583. The van der Waals surface area contributed by atoms with Crippen LogP contribution in [0.3, 0.4) is 0 Å². The Labute approximate surface area is 136 Å². The van der Waals surface area contributed by atoms with E-state index < -0.39 is 61.7 Å². The molecule has 1 saturated heterocycles. The van der Waals surface area contributed by atoms with Crippen molar-refractivity contribution in [3.05, 3.63) is 22.7 Å². The number of amides is 1. The molecule has 0 spiro atoms. The zero-order valence-corrected chi connectivity index (χ0v) is 12.3. The van der Waals surface area contributed by atoms with E-state index in [-0.39, 0.29) is 0 Å². The molecule has 0 bridgehead atoms. The van der Waals surface area contributed by atoms with Gasteiger partial charge in [0.05, 0.1) is 12.7 Å². The second-order valence-electron chi connectivity index (χ2n) is 5.08. The zero-order valence-electron chi connectivity index (χ0n) is 12.3. The Morgan fingerprint density at radius 1 is 1.52 bits per heavy atom. The molecule has 25 heavy (non-hydrogen) atoms. The number of anilines is 1. The molecular formula is C12H12F5N3O5. The first-order chi connectivity index (χ1) is 11.5. The molecule has 0 aliphatic carbocycles. The third-order valence-electron chi connectivity index (χ3n) is 3.07. The van der Waals surface area contributed by atoms with E-state index in [0.29, 0.717) is 4.57 Å². The molecule has 2 heterocycles. The molecule has 1 aromatic rings. The third-order valence-corrected chi connectivity index (χ3v) is 3.07. The molecule has 2 rings (SSSR count). The molecular weight excluding hydrogens is 361 g/mol. The lowest BCUT2D eigenvalue weighted by Crippen LogP contribution is -2.35. The maximum atomic E-state index is 13.8. The van der Waals surface area contributed by atoms with E-state index in [1.165, 1.54) is 0 Å². The van der Waals surface area contributed by atoms with Gasteiger partial charge in [0.25, 0.3) is 5.92 Å². The minimum Gasteiger partial charge on any atom is -0.440 e. The standard InChI is InChI=1S/C12H12F5N3O5/c13-11(14)3-6(4-21)25-8(11)20-2-1-7(18-9(20)22)19-10(23)24-5-12(15,16)17/h1-2,6,8,21H,3-5H2,(H,18,19,22,23). The summed E-state index contributed by atoms with van der Waals surface area (Å²) < 4.78 is 72.5. The van der Waals surface area contributed by atoms with Crippen molar-refractivity contribution in [1.82, 2.24) is 9.55 Å². The fourth-order valence-electron chi connectivity index (χ4n) is 2.06. The lowest BCUT2D eigenvalue weighted by atomic mass is 10.2. The molecule has 2 N–H and O–H groups in total. The highest BCUT2D eigenvalue weighted by Crippen LogP contribution is 2.41. The molecule has 1 aliphatic heterocycles. The fourth-order valence-corrected chi connectivity index (χ4v) is 2.06. The van der Waals surface area contributed by atoms with E-state index in [2.05, 4.69) is 9.72 Å². The summed E-state index contributed by atoms with van der Waals surface area (Å²) in [7, 11) is 0. The number of nitrogens with one attached hydrogen (secondary N) is 1. The van der Waals surface area contributed by atoms with E-state index in [9.17, 15) is 31.5 Å². The Bertz CT molecular complexity index is 692. The molecule has 140 valence electrons. The van der Waals surface area contributed by atoms with Crippen LogP contribution in [0.2, 0.25) is 0 Å². The van der Waals surface area contributed by atoms with Crippen molar-refractivity contribution in [2.75, 3.05) is 18.5 Å². The predicted octanol–water partition coefficient (Wildman–Crippen LogP) is 1.27. The Hall–Kier alpha value is -2.28. The molecule has 1 fully saturated rings. The number of hydrogen-bond donors (Lipinski definition) is 2. The highest BCUT2D eigenvalue weighted by Gasteiger charge is 2.51. The van der Waals surface area contributed by atoms with E-state index in [1.54, 1.807) is 5.32 Å². The number of alkyl halides is 5. The summed E-state index contributed by atoms with van der Waals surface area (Å²) >= 11 is 0. The Morgan fingerprint density at radius 2 is 2.20 bits per heavy atom. The van der Waals surface area contributed by atoms with Crippen LogP contribution in [0.1, 0.15) is 12.6 Å². The third kappa shape index (κ3) is 4.85. The van der Waals surface area contributed by atoms with Crippen molar-refractivity contribution >= 4 is 11.9 Å². The van der Waals surface area contributed by atoms with Crippen LogP contribution in [0.4, 0.5) is 32.6 Å². The first kappa shape index (κ1) is 19.1. The molecule has 1 aliphatic rings. The summed E-state index contributed by atoms with van der Waals surface area (Å²) in [6.07, 6.45) is -9.40. The molecule has 2 unspecified atom stereocenters. The summed E-state index contributed by atoms with van der Waals surface area (Å²) in [6.45, 7) is -2.51. The van der Waals surface area contributed by atoms with Gasteiger partial charge in [-0.05, 0) is 6.07 Å². The van der Waals surface area contributed by atoms with E-state index >= 15 is 0 Å². The lowest BCUT2D eigenvalue weighted by Gasteiger charge is -2.19. The van der Waals surface area contributed by atoms with Crippen LogP contribution in [0.5, 0.6) is 0 Å². The monoisotopic (exact) mass is 373 g/mol. The van der Waals surface area contributed by atoms with Crippen LogP contribution in [0, 0.1) is 0 Å². The van der Waals surface area contributed by atoms with Gasteiger partial charge in [0.2, 0.25) is 6.23 Å². The number of halogens is 5. The normalized spacial score (nSPS) is 22.6. The van der Waals surface area contributed by atoms with Crippen LogP contribution in [0.25, 0.3) is 0 Å². The van der Waals surface area contributed by atoms with Gasteiger partial charge in [-0.3, -0.25) is 9.88 Å². The number of rotatable bonds is 4. The average molecular weight is 373 g/mol. The van der Waals surface area contributed by atoms with Gasteiger partial charge in [-0.1, -0.05) is 0 Å². The highest BCUT2D eigenvalue weighted by atomic mass is 19.4. The van der Waals surface area contributed by atoms with Crippen molar-refractivity contribution in [3.8, 4) is 0 Å². The number of aromatic nitrogens is 2. The SMILES string of the molecule is O=C(Nc1ccn(C2OC(CO)CC2(F)F)c(=O)n1)OCC(F)(F)F. The Morgan fingerprint density at radius 3 is 2.72 bits per heavy atom. The number of carbonyl (C=O) groups excluding carboxylic acids is 1. The molecule has 0 aromatic carbocycles. The van der Waals surface area contributed by atoms with Gasteiger partial charge in [0, 0.05) is 12.6 Å². The second kappa shape index (κ2) is 6.92. The first-order valence-electron chi connectivity index (χ1n) is 6.76. The van der Waals surface area contributed by atoms with Gasteiger partial charge in [-0.25, -0.2) is 18.4 Å². The minimum atomic E-state index is -4.73. The topological polar surface area (TPSA) is 103 Å². The van der Waals surface area contributed by atoms with Crippen molar-refractivity contribution < 1.29 is 41.3 Å². The summed E-state index contributed by atoms with van der Waals surface area (Å²) in [6, 6.07) is 0.905. The number of aliphatic hydroxyl groups is 1. The van der Waals surface area contributed by atoms with E-state index in [4.69, 9.17) is 9.84 Å². The molecule has 13 heteroatoms. The van der Waals surface area contributed by atoms with Crippen molar-refractivity contribution in [2.45, 2.75) is 30.9 Å². The molecule has 1 aromatic heterocycles. The van der Waals surface area contributed by atoms with Gasteiger partial charge < -0.3 is 14.6 Å². The number of hydrogen-bond acceptors (Lipinski definition) is 6. The van der Waals surface area contributed by atoms with Gasteiger partial charge >= 0.3 is 18.0 Å². The highest BCUT2D eigenvalue weighted by molar-refractivity contribution is 5.83. The van der Waals surface area contributed by atoms with Crippen molar-refractivity contribution in [1.29, 1.82) is 0 Å². The van der Waals surface area contributed by atoms with Crippen molar-refractivity contribution in [3.63, 3.8) is 0 Å². The van der Waals surface area contributed by atoms with E-state index in [1.807, 2.05) is 0 Å². The molecule has 1 amide bonds. The number of carbonyl (C=O) groups is 1. The van der Waals surface area contributed by atoms with Crippen LogP contribution in [-0.4, -0.2) is 52.2 Å². The molecule has 0 saturated carbocycles. The smallest absolute Gasteiger partial charge is 0.422 e. The summed E-state index contributed by atoms with van der Waals surface area (Å²) in [4.78, 5) is 26.2. The first-order valence-corrected chi connectivity index (χ1v) is 6.76. The molecule has 8 nitrogen and oxygen atoms in total. The van der Waals surface area contributed by atoms with Crippen LogP contribution in [0.15, 0.2) is 17.1 Å². The minimum absolute atomic E-state index is 0.446. The zero-order chi connectivity index (χ0) is 18.8. The van der Waals surface area contributed by atoms with E-state index in [0.717, 1.165) is 12.3 Å². The number of aliphatic hydroxyl groups excluding tert-OH is 1. The Kier molecular flexibility index (Phi) is 5.27. The van der Waals surface area contributed by atoms with Gasteiger partial charge in [-0.15, -0.1) is 0 Å². The number of nitrogens with zero attached hydrogens (tertiary/aromatic N) is 2. The Balaban J connectivity index is 2.08. The molecule has 2 atom stereocenters. The van der Waals surface area contributed by atoms with Crippen LogP contribution >= 0.6 is 0 Å². The van der Waals surface area contributed by atoms with Gasteiger partial charge in [0.1, 0.15) is 5.82 Å². The van der Waals surface area contributed by atoms with Gasteiger partial charge in [-0.2, -0.15) is 18.2 Å². The maximum absolute atomic E-state index is 13.8. The maximum Gasteiger partial charge on any atom is 0.422 e. The second-order valence-corrected chi connectivity index (χ2v) is 5.08. The summed E-state index contributed by atoms with van der Waals surface area (Å²) in [5, 5.41) is 10.6. The largest absolute Gasteiger partial charge is 0.440 e. The predicted molar refractivity (Wildman–Crippen MR) is 70.1 cm³/mol. The number of ether oxygens (including phenoxy) is 2. The van der Waals surface area contributed by atoms with Crippen molar-refractivity contribution in [2.24, 2.45) is 0 Å². The quantitative estimate of drug-likeness (QED) is 0.771.